The van der Waals surface area contributed by atoms with E-state index < -0.39 is 11.8 Å². The Morgan fingerprint density at radius 3 is 2.50 bits per heavy atom. The monoisotopic (exact) mass is 498 g/mol. The van der Waals surface area contributed by atoms with E-state index in [4.69, 9.17) is 0 Å². The standard InChI is InChI=1S/C26H22N6O3S/c1-16-7-5-6-10-21(16)27-14-22-30-31-26(32(22)18-8-3-2-4-9-18)36-15-23(33)28-17-11-12-19-20(13-17)25(35)29-24(19)34/h2-13,27H,14-15H2,1H3,(H,28,33)(H,29,34,35). The number of fused-ring (bicyclic) bond motifs is 1. The zero-order valence-electron chi connectivity index (χ0n) is 19.3. The summed E-state index contributed by atoms with van der Waals surface area (Å²) in [4.78, 5) is 36.3. The molecule has 0 saturated carbocycles. The molecular formula is C26H22N6O3S. The van der Waals surface area contributed by atoms with Crippen LogP contribution in [0.3, 0.4) is 0 Å². The summed E-state index contributed by atoms with van der Waals surface area (Å²) in [6.45, 7) is 2.49. The molecule has 1 aliphatic heterocycles. The third-order valence-electron chi connectivity index (χ3n) is 5.65. The molecule has 0 saturated heterocycles. The summed E-state index contributed by atoms with van der Waals surface area (Å²) >= 11 is 1.26. The zero-order valence-corrected chi connectivity index (χ0v) is 20.1. The van der Waals surface area contributed by atoms with Gasteiger partial charge in [0.05, 0.1) is 23.4 Å². The van der Waals surface area contributed by atoms with Crippen molar-refractivity contribution in [1.29, 1.82) is 0 Å². The van der Waals surface area contributed by atoms with Gasteiger partial charge in [0.15, 0.2) is 11.0 Å². The van der Waals surface area contributed by atoms with Gasteiger partial charge in [0.1, 0.15) is 0 Å². The topological polar surface area (TPSA) is 118 Å². The quantitative estimate of drug-likeness (QED) is 0.250. The van der Waals surface area contributed by atoms with Crippen molar-refractivity contribution in [3.63, 3.8) is 0 Å². The van der Waals surface area contributed by atoms with E-state index in [1.165, 1.54) is 23.9 Å². The first kappa shape index (κ1) is 23.3. The van der Waals surface area contributed by atoms with Crippen molar-refractivity contribution in [3.05, 3.63) is 95.3 Å². The molecule has 4 aromatic rings. The van der Waals surface area contributed by atoms with Crippen LogP contribution in [0.25, 0.3) is 5.69 Å². The number of benzene rings is 3. The molecule has 10 heteroatoms. The Hall–Kier alpha value is -4.44. The average molecular weight is 499 g/mol. The van der Waals surface area contributed by atoms with Crippen LogP contribution in [-0.4, -0.2) is 38.2 Å². The van der Waals surface area contributed by atoms with E-state index in [9.17, 15) is 14.4 Å². The van der Waals surface area contributed by atoms with Crippen LogP contribution in [0.4, 0.5) is 11.4 Å². The lowest BCUT2D eigenvalue weighted by Crippen LogP contribution is -2.19. The number of carbonyl (C=O) groups excluding carboxylic acids is 3. The van der Waals surface area contributed by atoms with Gasteiger partial charge in [-0.2, -0.15) is 0 Å². The number of amides is 3. The molecule has 36 heavy (non-hydrogen) atoms. The van der Waals surface area contributed by atoms with Crippen LogP contribution in [0, 0.1) is 6.92 Å². The maximum atomic E-state index is 12.7. The van der Waals surface area contributed by atoms with Gasteiger partial charge in [0.2, 0.25) is 5.91 Å². The summed E-state index contributed by atoms with van der Waals surface area (Å²) in [6, 6.07) is 22.4. The van der Waals surface area contributed by atoms with Crippen molar-refractivity contribution < 1.29 is 14.4 Å². The molecule has 5 rings (SSSR count). The highest BCUT2D eigenvalue weighted by Gasteiger charge is 2.27. The van der Waals surface area contributed by atoms with Gasteiger partial charge in [-0.3, -0.25) is 24.3 Å². The van der Waals surface area contributed by atoms with Gasteiger partial charge < -0.3 is 10.6 Å². The van der Waals surface area contributed by atoms with Crippen LogP contribution in [0.5, 0.6) is 0 Å². The highest BCUT2D eigenvalue weighted by Crippen LogP contribution is 2.24. The highest BCUT2D eigenvalue weighted by atomic mass is 32.2. The summed E-state index contributed by atoms with van der Waals surface area (Å²) < 4.78 is 1.93. The number of hydrogen-bond acceptors (Lipinski definition) is 7. The number of carbonyl (C=O) groups is 3. The van der Waals surface area contributed by atoms with Gasteiger partial charge in [-0.25, -0.2) is 0 Å². The Morgan fingerprint density at radius 2 is 1.69 bits per heavy atom. The Kier molecular flexibility index (Phi) is 6.50. The smallest absolute Gasteiger partial charge is 0.259 e. The largest absolute Gasteiger partial charge is 0.378 e. The fourth-order valence-corrected chi connectivity index (χ4v) is 4.63. The molecule has 1 aromatic heterocycles. The SMILES string of the molecule is Cc1ccccc1NCc1nnc(SCC(=O)Nc2ccc3c(c2)C(=O)NC3=O)n1-c1ccccc1. The van der Waals surface area contributed by atoms with E-state index in [-0.39, 0.29) is 17.2 Å². The van der Waals surface area contributed by atoms with Crippen molar-refractivity contribution in [2.75, 3.05) is 16.4 Å². The summed E-state index contributed by atoms with van der Waals surface area (Å²) in [7, 11) is 0. The average Bonchev–Trinajstić information content (AvgIpc) is 3.42. The molecule has 0 unspecified atom stereocenters. The summed E-state index contributed by atoms with van der Waals surface area (Å²) in [5.74, 6) is -0.383. The number of aryl methyl sites for hydroxylation is 1. The second-order valence-corrected chi connectivity index (χ2v) is 9.06. The molecule has 3 N–H and O–H groups in total. The molecule has 1 aliphatic rings. The fourth-order valence-electron chi connectivity index (χ4n) is 3.86. The van der Waals surface area contributed by atoms with E-state index in [0.717, 1.165) is 16.9 Å². The summed E-state index contributed by atoms with van der Waals surface area (Å²) in [6.07, 6.45) is 0. The first-order valence-corrected chi connectivity index (χ1v) is 12.2. The first-order chi connectivity index (χ1) is 17.5. The minimum absolute atomic E-state index is 0.0817. The number of hydrogen-bond donors (Lipinski definition) is 3. The fraction of sp³-hybridized carbons (Fsp3) is 0.115. The molecule has 3 aromatic carbocycles. The number of imide groups is 1. The zero-order chi connectivity index (χ0) is 25.1. The lowest BCUT2D eigenvalue weighted by atomic mass is 10.1. The Balaban J connectivity index is 1.30. The van der Waals surface area contributed by atoms with E-state index in [1.807, 2.05) is 66.1 Å². The number of nitrogens with one attached hydrogen (secondary N) is 3. The van der Waals surface area contributed by atoms with Gasteiger partial charge in [-0.1, -0.05) is 48.2 Å². The number of rotatable bonds is 8. The van der Waals surface area contributed by atoms with E-state index in [1.54, 1.807) is 6.07 Å². The van der Waals surface area contributed by atoms with Crippen molar-refractivity contribution in [3.8, 4) is 5.69 Å². The molecule has 180 valence electrons. The molecule has 3 amide bonds. The second kappa shape index (κ2) is 10.0. The lowest BCUT2D eigenvalue weighted by molar-refractivity contribution is -0.113. The number of anilines is 2. The Morgan fingerprint density at radius 1 is 0.944 bits per heavy atom. The molecule has 0 aliphatic carbocycles. The van der Waals surface area contributed by atoms with Crippen LogP contribution in [0.15, 0.2) is 78.0 Å². The molecule has 0 radical (unpaired) electrons. The third kappa shape index (κ3) is 4.84. The van der Waals surface area contributed by atoms with Gasteiger partial charge in [0.25, 0.3) is 11.8 Å². The normalized spacial score (nSPS) is 12.2. The second-order valence-electron chi connectivity index (χ2n) is 8.12. The van der Waals surface area contributed by atoms with Gasteiger partial charge in [-0.15, -0.1) is 10.2 Å². The van der Waals surface area contributed by atoms with E-state index >= 15 is 0 Å². The molecule has 9 nitrogen and oxygen atoms in total. The Bertz CT molecular complexity index is 1470. The molecule has 0 spiro atoms. The predicted molar refractivity (Wildman–Crippen MR) is 137 cm³/mol. The highest BCUT2D eigenvalue weighted by molar-refractivity contribution is 7.99. The first-order valence-electron chi connectivity index (χ1n) is 11.2. The van der Waals surface area contributed by atoms with Gasteiger partial charge in [-0.05, 0) is 48.9 Å². The van der Waals surface area contributed by atoms with Crippen LogP contribution in [0.2, 0.25) is 0 Å². The summed E-state index contributed by atoms with van der Waals surface area (Å²) in [5.41, 5.74) is 4.02. The maximum Gasteiger partial charge on any atom is 0.259 e. The summed E-state index contributed by atoms with van der Waals surface area (Å²) in [5, 5.41) is 17.7. The maximum absolute atomic E-state index is 12.7. The van der Waals surface area contributed by atoms with Gasteiger partial charge >= 0.3 is 0 Å². The van der Waals surface area contributed by atoms with Crippen LogP contribution < -0.4 is 16.0 Å². The van der Waals surface area contributed by atoms with E-state index in [2.05, 4.69) is 26.1 Å². The van der Waals surface area contributed by atoms with Crippen molar-refractivity contribution in [2.24, 2.45) is 0 Å². The number of nitrogens with zero attached hydrogens (tertiary/aromatic N) is 3. The van der Waals surface area contributed by atoms with Gasteiger partial charge in [0, 0.05) is 17.1 Å². The number of aromatic nitrogens is 3. The van der Waals surface area contributed by atoms with Crippen molar-refractivity contribution >= 4 is 40.9 Å². The molecule has 2 heterocycles. The minimum atomic E-state index is -0.469. The van der Waals surface area contributed by atoms with Crippen LogP contribution in [0.1, 0.15) is 32.1 Å². The predicted octanol–water partition coefficient (Wildman–Crippen LogP) is 3.80. The lowest BCUT2D eigenvalue weighted by Gasteiger charge is -2.12. The van der Waals surface area contributed by atoms with Crippen molar-refractivity contribution in [1.82, 2.24) is 20.1 Å². The molecule has 0 atom stereocenters. The van der Waals surface area contributed by atoms with Crippen LogP contribution in [-0.2, 0) is 11.3 Å². The minimum Gasteiger partial charge on any atom is -0.378 e. The van der Waals surface area contributed by atoms with Crippen LogP contribution >= 0.6 is 11.8 Å². The van der Waals surface area contributed by atoms with E-state index in [0.29, 0.717) is 28.8 Å². The number of para-hydroxylation sites is 2. The molecule has 0 bridgehead atoms. The molecular weight excluding hydrogens is 476 g/mol. The Labute approximate surface area is 211 Å². The third-order valence-corrected chi connectivity index (χ3v) is 6.58. The van der Waals surface area contributed by atoms with Crippen molar-refractivity contribution in [2.45, 2.75) is 18.6 Å². The molecule has 0 fully saturated rings. The number of thioether (sulfide) groups is 1.